The summed E-state index contributed by atoms with van der Waals surface area (Å²) < 4.78 is 28.3. The molecule has 0 fully saturated rings. The van der Waals surface area contributed by atoms with Crippen LogP contribution < -0.4 is 10.9 Å². The van der Waals surface area contributed by atoms with E-state index >= 15 is 0 Å². The molecule has 2 N–H and O–H groups in total. The van der Waals surface area contributed by atoms with Gasteiger partial charge in [-0.25, -0.2) is 18.3 Å². The number of rotatable bonds is 5. The summed E-state index contributed by atoms with van der Waals surface area (Å²) in [4.78, 5) is 27.9. The number of carbonyl (C=O) groups excluding carboxylic acids is 1. The lowest BCUT2D eigenvalue weighted by Crippen LogP contribution is -2.24. The summed E-state index contributed by atoms with van der Waals surface area (Å²) in [5.41, 5.74) is 2.78. The van der Waals surface area contributed by atoms with E-state index in [1.807, 2.05) is 13.8 Å². The Morgan fingerprint density at radius 1 is 1.31 bits per heavy atom. The van der Waals surface area contributed by atoms with Crippen LogP contribution in [-0.4, -0.2) is 20.5 Å². The van der Waals surface area contributed by atoms with Crippen LogP contribution in [0.25, 0.3) is 5.65 Å². The van der Waals surface area contributed by atoms with Crippen molar-refractivity contribution in [3.8, 4) is 0 Å². The van der Waals surface area contributed by atoms with E-state index in [1.165, 1.54) is 18.2 Å². The molecule has 0 radical (unpaired) electrons. The molecule has 6 nitrogen and oxygen atoms in total. The minimum absolute atomic E-state index is 0.0808. The van der Waals surface area contributed by atoms with Crippen LogP contribution in [0.3, 0.4) is 0 Å². The number of nitrogens with one attached hydrogen (secondary N) is 2. The highest BCUT2D eigenvalue weighted by molar-refractivity contribution is 5.76. The van der Waals surface area contributed by atoms with E-state index in [2.05, 4.69) is 15.4 Å². The molecule has 3 aromatic rings. The molecule has 136 valence electrons. The van der Waals surface area contributed by atoms with Gasteiger partial charge in [0.05, 0.1) is 0 Å². The topological polar surface area (TPSA) is 79.3 Å². The van der Waals surface area contributed by atoms with Crippen molar-refractivity contribution in [2.45, 2.75) is 33.2 Å². The van der Waals surface area contributed by atoms with E-state index in [-0.39, 0.29) is 30.0 Å². The zero-order valence-electron chi connectivity index (χ0n) is 14.4. The van der Waals surface area contributed by atoms with Gasteiger partial charge in [-0.2, -0.15) is 0 Å². The molecule has 2 aromatic heterocycles. The number of benzene rings is 1. The van der Waals surface area contributed by atoms with Crippen molar-refractivity contribution in [1.29, 1.82) is 0 Å². The molecule has 0 atom stereocenters. The highest BCUT2D eigenvalue weighted by atomic mass is 19.2. The van der Waals surface area contributed by atoms with Gasteiger partial charge in [-0.15, -0.1) is 0 Å². The fourth-order valence-electron chi connectivity index (χ4n) is 2.92. The van der Waals surface area contributed by atoms with Crippen LogP contribution in [0, 0.1) is 25.5 Å². The van der Waals surface area contributed by atoms with Crippen molar-refractivity contribution in [3.05, 3.63) is 68.8 Å². The Balaban J connectivity index is 1.67. The average molecular weight is 360 g/mol. The zero-order valence-corrected chi connectivity index (χ0v) is 14.4. The van der Waals surface area contributed by atoms with Gasteiger partial charge in [0.1, 0.15) is 0 Å². The fourth-order valence-corrected chi connectivity index (χ4v) is 2.92. The summed E-state index contributed by atoms with van der Waals surface area (Å²) in [7, 11) is 0. The second kappa shape index (κ2) is 7.07. The number of nitrogens with zero attached hydrogens (tertiary/aromatic N) is 2. The highest BCUT2D eigenvalue weighted by Crippen LogP contribution is 2.15. The lowest BCUT2D eigenvalue weighted by molar-refractivity contribution is -0.121. The normalized spacial score (nSPS) is 11.1. The number of aryl methyl sites for hydroxylation is 2. The summed E-state index contributed by atoms with van der Waals surface area (Å²) >= 11 is 0. The molecular formula is C18H18F2N4O2. The molecule has 0 bridgehead atoms. The molecule has 0 aliphatic heterocycles. The van der Waals surface area contributed by atoms with Gasteiger partial charge in [0, 0.05) is 36.0 Å². The first-order valence-corrected chi connectivity index (χ1v) is 8.14. The number of hydrogen-bond acceptors (Lipinski definition) is 3. The Labute approximate surface area is 147 Å². The number of aromatic amines is 1. The number of carbonyl (C=O) groups is 1. The Kier molecular flexibility index (Phi) is 4.83. The summed E-state index contributed by atoms with van der Waals surface area (Å²) in [6.45, 7) is 3.58. The summed E-state index contributed by atoms with van der Waals surface area (Å²) in [5, 5.41) is 5.25. The van der Waals surface area contributed by atoms with Gasteiger partial charge in [0.2, 0.25) is 5.91 Å². The molecule has 0 saturated heterocycles. The molecule has 1 amide bonds. The number of amides is 1. The molecule has 2 heterocycles. The third kappa shape index (κ3) is 3.49. The van der Waals surface area contributed by atoms with Crippen molar-refractivity contribution in [2.75, 3.05) is 0 Å². The van der Waals surface area contributed by atoms with E-state index in [0.717, 1.165) is 23.0 Å². The van der Waals surface area contributed by atoms with Gasteiger partial charge in [0.25, 0.3) is 5.56 Å². The second-order valence-corrected chi connectivity index (χ2v) is 6.06. The summed E-state index contributed by atoms with van der Waals surface area (Å²) in [6.07, 6.45) is 0.579. The standard InChI is InChI=1S/C18H18F2N4O2/c1-10-13(11(2)24-15(22-10)8-17(26)23-24)6-7-16(25)21-9-12-4-3-5-14(19)18(12)20/h3-5,8H,6-7,9H2,1-2H3,(H,21,25)(H,23,26). The SMILES string of the molecule is Cc1nc2cc(=O)[nH]n2c(C)c1CCC(=O)NCc1cccc(F)c1F. The Morgan fingerprint density at radius 2 is 2.08 bits per heavy atom. The first-order chi connectivity index (χ1) is 12.4. The molecule has 26 heavy (non-hydrogen) atoms. The number of fused-ring (bicyclic) bond motifs is 1. The van der Waals surface area contributed by atoms with Gasteiger partial charge in [-0.05, 0) is 31.9 Å². The zero-order chi connectivity index (χ0) is 18.8. The fraction of sp³-hybridized carbons (Fsp3) is 0.278. The Hall–Kier alpha value is -3.03. The van der Waals surface area contributed by atoms with E-state index in [0.29, 0.717) is 12.1 Å². The van der Waals surface area contributed by atoms with Gasteiger partial charge in [0.15, 0.2) is 17.3 Å². The van der Waals surface area contributed by atoms with E-state index in [1.54, 1.807) is 4.52 Å². The molecule has 3 rings (SSSR count). The number of hydrogen-bond donors (Lipinski definition) is 2. The third-order valence-corrected chi connectivity index (χ3v) is 4.31. The van der Waals surface area contributed by atoms with E-state index < -0.39 is 11.6 Å². The van der Waals surface area contributed by atoms with Crippen LogP contribution in [0.15, 0.2) is 29.1 Å². The maximum atomic E-state index is 13.6. The lowest BCUT2D eigenvalue weighted by atomic mass is 10.1. The molecule has 0 saturated carbocycles. The Bertz CT molecular complexity index is 1040. The molecule has 0 spiro atoms. The minimum Gasteiger partial charge on any atom is -0.352 e. The predicted octanol–water partition coefficient (Wildman–Crippen LogP) is 2.17. The molecule has 0 aliphatic carbocycles. The lowest BCUT2D eigenvalue weighted by Gasteiger charge is -2.12. The van der Waals surface area contributed by atoms with Crippen molar-refractivity contribution < 1.29 is 13.6 Å². The van der Waals surface area contributed by atoms with Crippen LogP contribution in [0.2, 0.25) is 0 Å². The molecule has 8 heteroatoms. The Morgan fingerprint density at radius 3 is 2.85 bits per heavy atom. The van der Waals surface area contributed by atoms with Crippen molar-refractivity contribution in [1.82, 2.24) is 19.9 Å². The van der Waals surface area contributed by atoms with Crippen molar-refractivity contribution in [2.24, 2.45) is 0 Å². The molecular weight excluding hydrogens is 342 g/mol. The second-order valence-electron chi connectivity index (χ2n) is 6.06. The molecule has 1 aromatic carbocycles. The minimum atomic E-state index is -0.953. The number of H-pyrrole nitrogens is 1. The van der Waals surface area contributed by atoms with E-state index in [4.69, 9.17) is 0 Å². The first-order valence-electron chi connectivity index (χ1n) is 8.14. The van der Waals surface area contributed by atoms with Crippen LogP contribution in [-0.2, 0) is 17.8 Å². The monoisotopic (exact) mass is 360 g/mol. The quantitative estimate of drug-likeness (QED) is 0.732. The van der Waals surface area contributed by atoms with Crippen molar-refractivity contribution in [3.63, 3.8) is 0 Å². The van der Waals surface area contributed by atoms with Gasteiger partial charge in [-0.1, -0.05) is 12.1 Å². The van der Waals surface area contributed by atoms with Crippen LogP contribution >= 0.6 is 0 Å². The van der Waals surface area contributed by atoms with Gasteiger partial charge < -0.3 is 5.32 Å². The van der Waals surface area contributed by atoms with Crippen LogP contribution in [0.4, 0.5) is 8.78 Å². The van der Waals surface area contributed by atoms with Crippen LogP contribution in [0.5, 0.6) is 0 Å². The highest BCUT2D eigenvalue weighted by Gasteiger charge is 2.13. The molecule has 0 unspecified atom stereocenters. The number of halogens is 2. The summed E-state index contributed by atoms with van der Waals surface area (Å²) in [6, 6.07) is 5.25. The smallest absolute Gasteiger partial charge is 0.266 e. The van der Waals surface area contributed by atoms with Gasteiger partial charge in [-0.3, -0.25) is 14.7 Å². The number of aromatic nitrogens is 3. The molecule has 0 aliphatic rings. The predicted molar refractivity (Wildman–Crippen MR) is 91.8 cm³/mol. The maximum Gasteiger partial charge on any atom is 0.266 e. The summed E-state index contributed by atoms with van der Waals surface area (Å²) in [5.74, 6) is -2.18. The first kappa shape index (κ1) is 17.8. The third-order valence-electron chi connectivity index (χ3n) is 4.31. The maximum absolute atomic E-state index is 13.6. The van der Waals surface area contributed by atoms with Crippen molar-refractivity contribution >= 4 is 11.6 Å². The average Bonchev–Trinajstić information content (AvgIpc) is 2.96. The largest absolute Gasteiger partial charge is 0.352 e. The van der Waals surface area contributed by atoms with E-state index in [9.17, 15) is 18.4 Å². The van der Waals surface area contributed by atoms with Crippen LogP contribution in [0.1, 0.15) is 28.9 Å². The van der Waals surface area contributed by atoms with Gasteiger partial charge >= 0.3 is 0 Å².